The number of esters is 2. The van der Waals surface area contributed by atoms with Crippen molar-refractivity contribution >= 4 is 22.1 Å². The van der Waals surface area contributed by atoms with Gasteiger partial charge in [-0.25, -0.2) is 4.79 Å². The maximum Gasteiger partial charge on any atom is 0.333 e. The van der Waals surface area contributed by atoms with Crippen molar-refractivity contribution in [1.82, 2.24) is 0 Å². The molecule has 0 aromatic carbocycles. The van der Waals surface area contributed by atoms with Crippen LogP contribution >= 0.6 is 0 Å². The Labute approximate surface area is 128 Å². The minimum atomic E-state index is -3.51. The zero-order valence-corrected chi connectivity index (χ0v) is 13.0. The molecule has 2 saturated carbocycles. The smallest absolute Gasteiger partial charge is 0.333 e. The highest BCUT2D eigenvalue weighted by Crippen LogP contribution is 2.55. The van der Waals surface area contributed by atoms with Crippen LogP contribution in [0, 0.1) is 11.8 Å². The lowest BCUT2D eigenvalue weighted by Crippen LogP contribution is -2.37. The molecule has 2 bridgehead atoms. The van der Waals surface area contributed by atoms with Gasteiger partial charge in [-0.2, -0.15) is 8.42 Å². The molecule has 22 heavy (non-hydrogen) atoms. The van der Waals surface area contributed by atoms with E-state index in [4.69, 9.17) is 13.7 Å². The van der Waals surface area contributed by atoms with Crippen molar-refractivity contribution in [3.63, 3.8) is 0 Å². The Bertz CT molecular complexity index is 623. The number of rotatable bonds is 5. The van der Waals surface area contributed by atoms with E-state index in [2.05, 4.69) is 6.58 Å². The van der Waals surface area contributed by atoms with Gasteiger partial charge in [-0.05, 0) is 19.8 Å². The van der Waals surface area contributed by atoms with Gasteiger partial charge in [0.25, 0.3) is 10.1 Å². The average Bonchev–Trinajstić information content (AvgIpc) is 3.02. The molecule has 122 valence electrons. The summed E-state index contributed by atoms with van der Waals surface area (Å²) in [4.78, 5) is 23.0. The summed E-state index contributed by atoms with van der Waals surface area (Å²) in [7, 11) is -3.51. The third-order valence-electron chi connectivity index (χ3n) is 4.57. The van der Waals surface area contributed by atoms with Crippen molar-refractivity contribution in [1.29, 1.82) is 0 Å². The number of ether oxygens (including phenoxy) is 2. The minimum Gasteiger partial charge on any atom is -0.462 e. The quantitative estimate of drug-likeness (QED) is 0.412. The monoisotopic (exact) mass is 330 g/mol. The second kappa shape index (κ2) is 5.34. The zero-order chi connectivity index (χ0) is 16.1. The van der Waals surface area contributed by atoms with Crippen molar-refractivity contribution < 1.29 is 31.7 Å². The van der Waals surface area contributed by atoms with E-state index < -0.39 is 39.5 Å². The Morgan fingerprint density at radius 2 is 2.05 bits per heavy atom. The van der Waals surface area contributed by atoms with Gasteiger partial charge in [0.2, 0.25) is 0 Å². The van der Waals surface area contributed by atoms with Crippen LogP contribution in [0.1, 0.15) is 26.2 Å². The molecule has 0 radical (unpaired) electrons. The van der Waals surface area contributed by atoms with Crippen LogP contribution in [0.2, 0.25) is 0 Å². The second-order valence-corrected chi connectivity index (χ2v) is 7.89. The highest BCUT2D eigenvalue weighted by molar-refractivity contribution is 7.87. The molecule has 3 fully saturated rings. The van der Waals surface area contributed by atoms with Gasteiger partial charge in [-0.3, -0.25) is 8.98 Å². The normalized spacial score (nSPS) is 37.0. The van der Waals surface area contributed by atoms with Crippen molar-refractivity contribution in [2.75, 3.05) is 6.61 Å². The number of hydrogen-bond donors (Lipinski definition) is 0. The van der Waals surface area contributed by atoms with Gasteiger partial charge in [0.1, 0.15) is 18.8 Å². The van der Waals surface area contributed by atoms with E-state index in [1.54, 1.807) is 0 Å². The lowest BCUT2D eigenvalue weighted by molar-refractivity contribution is -0.158. The number of fused-ring (bicyclic) bond motifs is 1. The van der Waals surface area contributed by atoms with Crippen molar-refractivity contribution in [2.45, 2.75) is 43.6 Å². The summed E-state index contributed by atoms with van der Waals surface area (Å²) < 4.78 is 38.9. The number of carbonyl (C=O) groups excluding carboxylic acids is 2. The summed E-state index contributed by atoms with van der Waals surface area (Å²) in [5.41, 5.74) is 0.261. The highest BCUT2D eigenvalue weighted by atomic mass is 32.2. The Hall–Kier alpha value is -1.41. The molecule has 1 heterocycles. The van der Waals surface area contributed by atoms with E-state index in [1.165, 1.54) is 6.92 Å². The Morgan fingerprint density at radius 3 is 2.73 bits per heavy atom. The predicted molar refractivity (Wildman–Crippen MR) is 74.1 cm³/mol. The molecule has 1 aliphatic heterocycles. The van der Waals surface area contributed by atoms with Gasteiger partial charge in [-0.1, -0.05) is 6.58 Å². The van der Waals surface area contributed by atoms with Crippen LogP contribution in [0.5, 0.6) is 0 Å². The van der Waals surface area contributed by atoms with Crippen LogP contribution in [0.25, 0.3) is 0 Å². The van der Waals surface area contributed by atoms with Crippen molar-refractivity contribution in [2.24, 2.45) is 11.8 Å². The van der Waals surface area contributed by atoms with Crippen LogP contribution in [-0.2, 0) is 33.4 Å². The lowest BCUT2D eigenvalue weighted by atomic mass is 9.94. The van der Waals surface area contributed by atoms with E-state index >= 15 is 0 Å². The molecule has 0 amide bonds. The van der Waals surface area contributed by atoms with Gasteiger partial charge in [0.15, 0.2) is 0 Å². The van der Waals surface area contributed by atoms with Gasteiger partial charge in [-0.15, -0.1) is 0 Å². The fourth-order valence-corrected chi connectivity index (χ4v) is 5.49. The second-order valence-electron chi connectivity index (χ2n) is 6.11. The summed E-state index contributed by atoms with van der Waals surface area (Å²) >= 11 is 0. The molecule has 0 N–H and O–H groups in total. The molecule has 1 saturated heterocycles. The van der Waals surface area contributed by atoms with Gasteiger partial charge in [0.05, 0.1) is 11.7 Å². The van der Waals surface area contributed by atoms with Crippen LogP contribution in [0.3, 0.4) is 0 Å². The van der Waals surface area contributed by atoms with Crippen molar-refractivity contribution in [3.8, 4) is 0 Å². The molecule has 5 unspecified atom stereocenters. The highest BCUT2D eigenvalue weighted by Gasteiger charge is 2.65. The summed E-state index contributed by atoms with van der Waals surface area (Å²) in [6.45, 7) is 4.87. The molecule has 0 aromatic rings. The van der Waals surface area contributed by atoms with Crippen LogP contribution in [0.15, 0.2) is 12.2 Å². The molecule has 5 atom stereocenters. The van der Waals surface area contributed by atoms with Gasteiger partial charge >= 0.3 is 11.9 Å². The molecule has 0 aromatic heterocycles. The van der Waals surface area contributed by atoms with Crippen LogP contribution in [-0.4, -0.2) is 44.4 Å². The Kier molecular flexibility index (Phi) is 3.76. The third kappa shape index (κ3) is 2.54. The standard InChI is InChI=1S/C14H18O7S/c1-7(2)14(16)19-4-3-11(15)20-12-8-5-9-10(6-8)22(17,18)21-13(9)12/h8-10,12-13H,1,3-6H2,2H3. The molecule has 0 spiro atoms. The first kappa shape index (κ1) is 15.5. The van der Waals surface area contributed by atoms with E-state index in [-0.39, 0.29) is 30.4 Å². The molecular formula is C14H18O7S. The van der Waals surface area contributed by atoms with Crippen LogP contribution in [0.4, 0.5) is 0 Å². The SMILES string of the molecule is C=C(C)C(=O)OCCC(=O)OC1C2CC3C1OS(=O)(=O)C3C2. The molecule has 7 nitrogen and oxygen atoms in total. The molecule has 8 heteroatoms. The fraction of sp³-hybridized carbons (Fsp3) is 0.714. The zero-order valence-electron chi connectivity index (χ0n) is 12.2. The lowest BCUT2D eigenvalue weighted by Gasteiger charge is -2.24. The van der Waals surface area contributed by atoms with Gasteiger partial charge < -0.3 is 9.47 Å². The van der Waals surface area contributed by atoms with E-state index in [0.717, 1.165) is 6.42 Å². The maximum absolute atomic E-state index is 11.8. The maximum atomic E-state index is 11.8. The Balaban J connectivity index is 1.51. The number of hydrogen-bond acceptors (Lipinski definition) is 7. The number of carbonyl (C=O) groups is 2. The van der Waals surface area contributed by atoms with E-state index in [1.807, 2.05) is 0 Å². The Morgan fingerprint density at radius 1 is 1.32 bits per heavy atom. The fourth-order valence-electron chi connectivity index (χ4n) is 3.61. The average molecular weight is 330 g/mol. The van der Waals surface area contributed by atoms with E-state index in [9.17, 15) is 18.0 Å². The summed E-state index contributed by atoms with van der Waals surface area (Å²) in [5, 5.41) is -0.436. The van der Waals surface area contributed by atoms with Crippen molar-refractivity contribution in [3.05, 3.63) is 12.2 Å². The molecular weight excluding hydrogens is 312 g/mol. The van der Waals surface area contributed by atoms with E-state index in [0.29, 0.717) is 6.42 Å². The predicted octanol–water partition coefficient (Wildman–Crippen LogP) is 0.545. The summed E-state index contributed by atoms with van der Waals surface area (Å²) in [6.07, 6.45) is 0.0810. The minimum absolute atomic E-state index is 0.0409. The largest absolute Gasteiger partial charge is 0.462 e. The topological polar surface area (TPSA) is 96.0 Å². The third-order valence-corrected chi connectivity index (χ3v) is 6.34. The summed E-state index contributed by atoms with van der Waals surface area (Å²) in [5.74, 6) is -1.09. The first-order valence-corrected chi connectivity index (χ1v) is 8.71. The first-order valence-electron chi connectivity index (χ1n) is 7.24. The van der Waals surface area contributed by atoms with Gasteiger partial charge in [0, 0.05) is 17.4 Å². The molecule has 3 rings (SSSR count). The first-order chi connectivity index (χ1) is 10.3. The summed E-state index contributed by atoms with van der Waals surface area (Å²) in [6, 6.07) is 0. The molecule has 2 aliphatic carbocycles. The molecule has 3 aliphatic rings. The van der Waals surface area contributed by atoms with Crippen LogP contribution < -0.4 is 0 Å².